The highest BCUT2D eigenvalue weighted by Crippen LogP contribution is 2.31. The third-order valence-corrected chi connectivity index (χ3v) is 4.50. The predicted molar refractivity (Wildman–Crippen MR) is 101 cm³/mol. The van der Waals surface area contributed by atoms with E-state index in [1.807, 2.05) is 43.0 Å². The number of nitrogens with one attached hydrogen (secondary N) is 2. The second-order valence-electron chi connectivity index (χ2n) is 5.64. The summed E-state index contributed by atoms with van der Waals surface area (Å²) in [5.41, 5.74) is 2.89. The first-order chi connectivity index (χ1) is 11.9. The highest BCUT2D eigenvalue weighted by molar-refractivity contribution is 7.80. The van der Waals surface area contributed by atoms with Crippen LogP contribution in [0.2, 0.25) is 0 Å². The van der Waals surface area contributed by atoms with Crippen molar-refractivity contribution >= 4 is 34.9 Å². The molecule has 6 nitrogen and oxygen atoms in total. The molecule has 0 saturated heterocycles. The van der Waals surface area contributed by atoms with Crippen molar-refractivity contribution in [2.24, 2.45) is 0 Å². The minimum Gasteiger partial charge on any atom is -0.466 e. The van der Waals surface area contributed by atoms with Crippen LogP contribution in [0.5, 0.6) is 0 Å². The topological polar surface area (TPSA) is 70.7 Å². The van der Waals surface area contributed by atoms with E-state index in [0.29, 0.717) is 29.3 Å². The van der Waals surface area contributed by atoms with Crippen LogP contribution in [0.15, 0.2) is 35.5 Å². The summed E-state index contributed by atoms with van der Waals surface area (Å²) >= 11 is 5.43. The van der Waals surface area contributed by atoms with E-state index in [-0.39, 0.29) is 11.9 Å². The number of allylic oxidation sites excluding steroid dienone is 1. The third-order valence-electron chi connectivity index (χ3n) is 4.17. The molecule has 0 spiro atoms. The molecule has 134 valence electrons. The zero-order valence-electron chi connectivity index (χ0n) is 14.9. The molecule has 1 aromatic rings. The van der Waals surface area contributed by atoms with E-state index >= 15 is 0 Å². The second kappa shape index (κ2) is 8.11. The number of methoxy groups -OCH3 is 1. The number of hydrogen-bond acceptors (Lipinski definition) is 4. The fraction of sp³-hybridized carbons (Fsp3) is 0.389. The fourth-order valence-electron chi connectivity index (χ4n) is 2.79. The SMILES string of the molecule is CCC(=O)Nc1ccc([C@@H]2NC(=S)N(CC)C(C)=C2C(=O)OC)cc1. The average Bonchev–Trinajstić information content (AvgIpc) is 2.61. The summed E-state index contributed by atoms with van der Waals surface area (Å²) in [7, 11) is 1.37. The molecule has 0 radical (unpaired) electrons. The van der Waals surface area contributed by atoms with Crippen LogP contribution in [0.25, 0.3) is 0 Å². The molecule has 0 aliphatic carbocycles. The lowest BCUT2D eigenvalue weighted by molar-refractivity contribution is -0.136. The van der Waals surface area contributed by atoms with Gasteiger partial charge in [-0.1, -0.05) is 19.1 Å². The van der Waals surface area contributed by atoms with Crippen molar-refractivity contribution < 1.29 is 14.3 Å². The molecule has 2 N–H and O–H groups in total. The van der Waals surface area contributed by atoms with Crippen LogP contribution in [-0.4, -0.2) is 35.5 Å². The Labute approximate surface area is 153 Å². The van der Waals surface area contributed by atoms with Crippen LogP contribution in [0, 0.1) is 0 Å². The summed E-state index contributed by atoms with van der Waals surface area (Å²) in [6.07, 6.45) is 0.418. The Balaban J connectivity index is 2.38. The molecule has 0 aromatic heterocycles. The van der Waals surface area contributed by atoms with Gasteiger partial charge in [-0.25, -0.2) is 4.79 Å². The molecular formula is C18H23N3O3S. The molecule has 0 fully saturated rings. The van der Waals surface area contributed by atoms with Crippen LogP contribution in [0.1, 0.15) is 38.8 Å². The van der Waals surface area contributed by atoms with Crippen LogP contribution in [0.4, 0.5) is 5.69 Å². The van der Waals surface area contributed by atoms with Crippen molar-refractivity contribution in [1.82, 2.24) is 10.2 Å². The lowest BCUT2D eigenvalue weighted by Gasteiger charge is -2.36. The van der Waals surface area contributed by atoms with Crippen LogP contribution < -0.4 is 10.6 Å². The third kappa shape index (κ3) is 3.99. The minimum absolute atomic E-state index is 0.0469. The maximum Gasteiger partial charge on any atom is 0.337 e. The van der Waals surface area contributed by atoms with Crippen molar-refractivity contribution in [3.8, 4) is 0 Å². The van der Waals surface area contributed by atoms with Gasteiger partial charge in [0.25, 0.3) is 0 Å². The Bertz CT molecular complexity index is 713. The summed E-state index contributed by atoms with van der Waals surface area (Å²) in [6, 6.07) is 6.96. The standard InChI is InChI=1S/C18H23N3O3S/c1-5-14(22)19-13-9-7-12(8-10-13)16-15(17(23)24-4)11(3)21(6-2)18(25)20-16/h7-10,16H,5-6H2,1-4H3,(H,19,22)(H,20,25)/t16-/m0/s1. The molecule has 1 atom stereocenters. The van der Waals surface area contributed by atoms with Gasteiger partial charge in [0.05, 0.1) is 18.7 Å². The summed E-state index contributed by atoms with van der Waals surface area (Å²) in [5.74, 6) is -0.436. The summed E-state index contributed by atoms with van der Waals surface area (Å²) in [6.45, 7) is 6.29. The first-order valence-electron chi connectivity index (χ1n) is 8.19. The van der Waals surface area contributed by atoms with Crippen molar-refractivity contribution in [2.75, 3.05) is 19.0 Å². The number of anilines is 1. The van der Waals surface area contributed by atoms with Crippen molar-refractivity contribution in [3.05, 3.63) is 41.1 Å². The molecule has 1 aliphatic rings. The Kier molecular flexibility index (Phi) is 6.14. The van der Waals surface area contributed by atoms with Crippen LogP contribution in [0.3, 0.4) is 0 Å². The van der Waals surface area contributed by atoms with Gasteiger partial charge in [0, 0.05) is 24.4 Å². The van der Waals surface area contributed by atoms with Crippen molar-refractivity contribution in [3.63, 3.8) is 0 Å². The number of ether oxygens (including phenoxy) is 1. The summed E-state index contributed by atoms with van der Waals surface area (Å²) in [5, 5.41) is 6.59. The van der Waals surface area contributed by atoms with Gasteiger partial charge >= 0.3 is 5.97 Å². The Morgan fingerprint density at radius 2 is 1.92 bits per heavy atom. The Morgan fingerprint density at radius 1 is 1.28 bits per heavy atom. The van der Waals surface area contributed by atoms with Gasteiger partial charge in [-0.05, 0) is 43.8 Å². The molecule has 1 amide bonds. The van der Waals surface area contributed by atoms with E-state index < -0.39 is 6.04 Å². The number of rotatable bonds is 5. The number of carbonyl (C=O) groups excluding carboxylic acids is 2. The Morgan fingerprint density at radius 3 is 2.44 bits per heavy atom. The molecule has 0 saturated carbocycles. The predicted octanol–water partition coefficient (Wildman–Crippen LogP) is 2.73. The van der Waals surface area contributed by atoms with E-state index in [1.165, 1.54) is 7.11 Å². The van der Waals surface area contributed by atoms with E-state index in [2.05, 4.69) is 10.6 Å². The molecule has 1 aliphatic heterocycles. The quantitative estimate of drug-likeness (QED) is 0.621. The van der Waals surface area contributed by atoms with E-state index in [4.69, 9.17) is 17.0 Å². The van der Waals surface area contributed by atoms with Crippen LogP contribution >= 0.6 is 12.2 Å². The summed E-state index contributed by atoms with van der Waals surface area (Å²) < 4.78 is 4.97. The van der Waals surface area contributed by atoms with Gasteiger partial charge in [-0.2, -0.15) is 0 Å². The lowest BCUT2D eigenvalue weighted by Crippen LogP contribution is -2.47. The zero-order chi connectivity index (χ0) is 18.6. The fourth-order valence-corrected chi connectivity index (χ4v) is 3.18. The molecule has 1 heterocycles. The van der Waals surface area contributed by atoms with Gasteiger partial charge in [-0.15, -0.1) is 0 Å². The first kappa shape index (κ1) is 18.9. The number of amides is 1. The number of carbonyl (C=O) groups is 2. The Hall–Kier alpha value is -2.41. The lowest BCUT2D eigenvalue weighted by atomic mass is 9.95. The second-order valence-corrected chi connectivity index (χ2v) is 6.03. The van der Waals surface area contributed by atoms with Crippen LogP contribution in [-0.2, 0) is 14.3 Å². The van der Waals surface area contributed by atoms with E-state index in [1.54, 1.807) is 6.92 Å². The van der Waals surface area contributed by atoms with Gasteiger partial charge < -0.3 is 20.3 Å². The molecule has 25 heavy (non-hydrogen) atoms. The van der Waals surface area contributed by atoms with Gasteiger partial charge in [0.15, 0.2) is 5.11 Å². The maximum atomic E-state index is 12.3. The largest absolute Gasteiger partial charge is 0.466 e. The zero-order valence-corrected chi connectivity index (χ0v) is 15.7. The minimum atomic E-state index is -0.390. The first-order valence-corrected chi connectivity index (χ1v) is 8.60. The van der Waals surface area contributed by atoms with Crippen molar-refractivity contribution in [2.45, 2.75) is 33.2 Å². The number of esters is 1. The molecular weight excluding hydrogens is 338 g/mol. The molecule has 7 heteroatoms. The maximum absolute atomic E-state index is 12.3. The molecule has 0 bridgehead atoms. The van der Waals surface area contributed by atoms with E-state index in [9.17, 15) is 9.59 Å². The monoisotopic (exact) mass is 361 g/mol. The van der Waals surface area contributed by atoms with Gasteiger partial charge in [0.1, 0.15) is 0 Å². The van der Waals surface area contributed by atoms with Crippen molar-refractivity contribution in [1.29, 1.82) is 0 Å². The number of nitrogens with zero attached hydrogens (tertiary/aromatic N) is 1. The van der Waals surface area contributed by atoms with E-state index in [0.717, 1.165) is 11.3 Å². The van der Waals surface area contributed by atoms with Gasteiger partial charge in [0.2, 0.25) is 5.91 Å². The molecule has 1 aromatic carbocycles. The number of benzene rings is 1. The molecule has 2 rings (SSSR count). The number of hydrogen-bond donors (Lipinski definition) is 2. The highest BCUT2D eigenvalue weighted by Gasteiger charge is 2.33. The smallest absolute Gasteiger partial charge is 0.337 e. The summed E-state index contributed by atoms with van der Waals surface area (Å²) in [4.78, 5) is 25.7. The average molecular weight is 361 g/mol. The molecule has 0 unspecified atom stereocenters. The number of thiocarbonyl (C=S) groups is 1. The normalized spacial score (nSPS) is 17.2. The highest BCUT2D eigenvalue weighted by atomic mass is 32.1. The van der Waals surface area contributed by atoms with Gasteiger partial charge in [-0.3, -0.25) is 4.79 Å².